The molecule has 1 N–H and O–H groups in total. The second-order valence-corrected chi connectivity index (χ2v) is 9.21. The number of rotatable bonds is 6. The summed E-state index contributed by atoms with van der Waals surface area (Å²) in [7, 11) is -3.79. The van der Waals surface area contributed by atoms with Crippen LogP contribution < -0.4 is 5.32 Å². The number of amides is 1. The molecule has 0 saturated carbocycles. The van der Waals surface area contributed by atoms with Gasteiger partial charge in [-0.05, 0) is 61.6 Å². The number of halogens is 1. The second kappa shape index (κ2) is 9.05. The molecule has 0 aromatic heterocycles. The van der Waals surface area contributed by atoms with E-state index in [0.717, 1.165) is 49.8 Å². The van der Waals surface area contributed by atoms with Crippen molar-refractivity contribution in [2.75, 3.05) is 11.9 Å². The highest BCUT2D eigenvalue weighted by atomic mass is 32.2. The van der Waals surface area contributed by atoms with Crippen LogP contribution in [-0.4, -0.2) is 31.2 Å². The number of nitrogens with one attached hydrogen (secondary N) is 1. The Morgan fingerprint density at radius 3 is 2.52 bits per heavy atom. The van der Waals surface area contributed by atoms with Crippen LogP contribution in [0.4, 0.5) is 10.1 Å². The van der Waals surface area contributed by atoms with E-state index in [1.54, 1.807) is 12.1 Å². The predicted octanol–water partition coefficient (Wildman–Crippen LogP) is 4.59. The molecule has 1 fully saturated rings. The van der Waals surface area contributed by atoms with Crippen LogP contribution in [0.5, 0.6) is 0 Å². The smallest absolute Gasteiger partial charge is 0.258 e. The van der Waals surface area contributed by atoms with Crippen LogP contribution in [0.15, 0.2) is 47.4 Å². The molecule has 2 aromatic carbocycles. The second-order valence-electron chi connectivity index (χ2n) is 7.32. The monoisotopic (exact) mass is 418 g/mol. The first-order valence-corrected chi connectivity index (χ1v) is 11.5. The third-order valence-electron chi connectivity index (χ3n) is 5.45. The lowest BCUT2D eigenvalue weighted by molar-refractivity contribution is 0.102. The number of nitrogens with zero attached hydrogens (tertiary/aromatic N) is 1. The first-order chi connectivity index (χ1) is 13.9. The summed E-state index contributed by atoms with van der Waals surface area (Å²) in [4.78, 5) is 12.6. The average molecular weight is 419 g/mol. The molecule has 1 unspecified atom stereocenters. The molecule has 0 aliphatic carbocycles. The van der Waals surface area contributed by atoms with E-state index in [4.69, 9.17) is 0 Å². The van der Waals surface area contributed by atoms with Gasteiger partial charge in [-0.25, -0.2) is 12.8 Å². The topological polar surface area (TPSA) is 66.5 Å². The average Bonchev–Trinajstić information content (AvgIpc) is 2.74. The van der Waals surface area contributed by atoms with Gasteiger partial charge in [0, 0.05) is 18.3 Å². The molecule has 3 rings (SSSR count). The van der Waals surface area contributed by atoms with Crippen molar-refractivity contribution in [3.8, 4) is 0 Å². The Hall–Kier alpha value is -2.25. The highest BCUT2D eigenvalue weighted by molar-refractivity contribution is 7.89. The third kappa shape index (κ3) is 4.67. The molecule has 5 nitrogen and oxygen atoms in total. The number of hydrogen-bond acceptors (Lipinski definition) is 3. The Labute approximate surface area is 172 Å². The number of piperidine rings is 1. The van der Waals surface area contributed by atoms with Crippen LogP contribution in [0.2, 0.25) is 0 Å². The van der Waals surface area contributed by atoms with Crippen molar-refractivity contribution >= 4 is 21.6 Å². The van der Waals surface area contributed by atoms with Crippen molar-refractivity contribution in [3.63, 3.8) is 0 Å². The fraction of sp³-hybridized carbons (Fsp3) is 0.409. The largest absolute Gasteiger partial charge is 0.322 e. The summed E-state index contributed by atoms with van der Waals surface area (Å²) in [5, 5.41) is 2.64. The third-order valence-corrected chi connectivity index (χ3v) is 7.40. The van der Waals surface area contributed by atoms with Gasteiger partial charge in [0.15, 0.2) is 0 Å². The SMILES string of the molecule is CCc1ccc(NC(=O)c2cc(S(=O)(=O)N3CCCCC3CC)ccc2F)cc1. The minimum atomic E-state index is -3.79. The molecule has 2 aromatic rings. The molecule has 0 spiro atoms. The van der Waals surface area contributed by atoms with Crippen molar-refractivity contribution in [1.82, 2.24) is 4.31 Å². The lowest BCUT2D eigenvalue weighted by Crippen LogP contribution is -2.43. The minimum Gasteiger partial charge on any atom is -0.322 e. The summed E-state index contributed by atoms with van der Waals surface area (Å²) in [6, 6.07) is 10.6. The molecular weight excluding hydrogens is 391 g/mol. The van der Waals surface area contributed by atoms with E-state index in [1.165, 1.54) is 10.4 Å². The van der Waals surface area contributed by atoms with Crippen LogP contribution in [0.25, 0.3) is 0 Å². The Kier molecular flexibility index (Phi) is 6.70. The molecule has 7 heteroatoms. The van der Waals surface area contributed by atoms with Crippen molar-refractivity contribution < 1.29 is 17.6 Å². The van der Waals surface area contributed by atoms with Gasteiger partial charge in [-0.1, -0.05) is 32.4 Å². The van der Waals surface area contributed by atoms with Gasteiger partial charge < -0.3 is 5.32 Å². The van der Waals surface area contributed by atoms with E-state index >= 15 is 0 Å². The summed E-state index contributed by atoms with van der Waals surface area (Å²) in [6.07, 6.45) is 4.22. The Balaban J connectivity index is 1.87. The molecule has 1 amide bonds. The van der Waals surface area contributed by atoms with Crippen LogP contribution >= 0.6 is 0 Å². The van der Waals surface area contributed by atoms with E-state index < -0.39 is 21.7 Å². The molecule has 156 valence electrons. The summed E-state index contributed by atoms with van der Waals surface area (Å²) in [5.74, 6) is -1.42. The molecule has 0 radical (unpaired) electrons. The quantitative estimate of drug-likeness (QED) is 0.746. The molecule has 1 heterocycles. The fourth-order valence-corrected chi connectivity index (χ4v) is 5.49. The number of anilines is 1. The number of benzene rings is 2. The molecule has 1 aliphatic heterocycles. The highest BCUT2D eigenvalue weighted by Crippen LogP contribution is 2.28. The number of carbonyl (C=O) groups excluding carboxylic acids is 1. The molecule has 0 bridgehead atoms. The van der Waals surface area contributed by atoms with Crippen LogP contribution in [-0.2, 0) is 16.4 Å². The van der Waals surface area contributed by atoms with E-state index in [1.807, 2.05) is 26.0 Å². The maximum absolute atomic E-state index is 14.3. The Morgan fingerprint density at radius 1 is 1.14 bits per heavy atom. The van der Waals surface area contributed by atoms with Crippen molar-refractivity contribution in [1.29, 1.82) is 0 Å². The first-order valence-electron chi connectivity index (χ1n) is 10.1. The van der Waals surface area contributed by atoms with E-state index in [0.29, 0.717) is 12.2 Å². The predicted molar refractivity (Wildman–Crippen MR) is 112 cm³/mol. The molecular formula is C22H27FN2O3S. The number of carbonyl (C=O) groups is 1. The summed E-state index contributed by atoms with van der Waals surface area (Å²) in [6.45, 7) is 4.44. The van der Waals surface area contributed by atoms with E-state index in [2.05, 4.69) is 5.32 Å². The minimum absolute atomic E-state index is 0.0502. The van der Waals surface area contributed by atoms with Crippen LogP contribution in [0.3, 0.4) is 0 Å². The molecule has 1 saturated heterocycles. The molecule has 29 heavy (non-hydrogen) atoms. The van der Waals surface area contributed by atoms with Gasteiger partial charge in [0.05, 0.1) is 10.5 Å². The van der Waals surface area contributed by atoms with Crippen molar-refractivity contribution in [2.45, 2.75) is 56.9 Å². The summed E-state index contributed by atoms with van der Waals surface area (Å²) in [5.41, 5.74) is 1.37. The number of sulfonamides is 1. The molecule has 1 aliphatic rings. The standard InChI is InChI=1S/C22H27FN2O3S/c1-3-16-8-10-17(11-9-16)24-22(26)20-15-19(12-13-21(20)23)29(27,28)25-14-6-5-7-18(25)4-2/h8-13,15,18H,3-7,14H2,1-2H3,(H,24,26). The summed E-state index contributed by atoms with van der Waals surface area (Å²) >= 11 is 0. The van der Waals surface area contributed by atoms with Crippen LogP contribution in [0.1, 0.15) is 55.5 Å². The maximum Gasteiger partial charge on any atom is 0.258 e. The van der Waals surface area contributed by atoms with Crippen LogP contribution in [0, 0.1) is 5.82 Å². The van der Waals surface area contributed by atoms with Gasteiger partial charge in [0.2, 0.25) is 10.0 Å². The van der Waals surface area contributed by atoms with Crippen molar-refractivity contribution in [2.24, 2.45) is 0 Å². The fourth-order valence-electron chi connectivity index (χ4n) is 3.69. The lowest BCUT2D eigenvalue weighted by Gasteiger charge is -2.34. The van der Waals surface area contributed by atoms with Gasteiger partial charge in [-0.3, -0.25) is 4.79 Å². The van der Waals surface area contributed by atoms with E-state index in [-0.39, 0.29) is 16.5 Å². The lowest BCUT2D eigenvalue weighted by atomic mass is 10.0. The van der Waals surface area contributed by atoms with Gasteiger partial charge in [-0.15, -0.1) is 0 Å². The first kappa shape index (κ1) is 21.5. The maximum atomic E-state index is 14.3. The highest BCUT2D eigenvalue weighted by Gasteiger charge is 2.33. The zero-order valence-corrected chi connectivity index (χ0v) is 17.6. The number of aryl methyl sites for hydroxylation is 1. The van der Waals surface area contributed by atoms with Gasteiger partial charge in [0.1, 0.15) is 5.82 Å². The van der Waals surface area contributed by atoms with Gasteiger partial charge in [-0.2, -0.15) is 4.31 Å². The molecule has 1 atom stereocenters. The van der Waals surface area contributed by atoms with Gasteiger partial charge >= 0.3 is 0 Å². The van der Waals surface area contributed by atoms with E-state index in [9.17, 15) is 17.6 Å². The Morgan fingerprint density at radius 2 is 1.86 bits per heavy atom. The van der Waals surface area contributed by atoms with Gasteiger partial charge in [0.25, 0.3) is 5.91 Å². The summed E-state index contributed by atoms with van der Waals surface area (Å²) < 4.78 is 42.1. The van der Waals surface area contributed by atoms with Crippen molar-refractivity contribution in [3.05, 3.63) is 59.4 Å². The number of hydrogen-bond donors (Lipinski definition) is 1. The zero-order chi connectivity index (χ0) is 21.0. The normalized spacial score (nSPS) is 17.8. The zero-order valence-electron chi connectivity index (χ0n) is 16.8. The Bertz CT molecular complexity index is 974.